The van der Waals surface area contributed by atoms with E-state index in [2.05, 4.69) is 10.3 Å². The Bertz CT molecular complexity index is 546. The van der Waals surface area contributed by atoms with Gasteiger partial charge in [-0.25, -0.2) is 4.68 Å². The Morgan fingerprint density at radius 2 is 2.38 bits per heavy atom. The second-order valence-corrected chi connectivity index (χ2v) is 5.37. The zero-order valence-corrected chi connectivity index (χ0v) is 12.1. The number of hydrogen-bond donors (Lipinski definition) is 1. The lowest BCUT2D eigenvalue weighted by Gasteiger charge is -2.22. The van der Waals surface area contributed by atoms with Crippen molar-refractivity contribution >= 4 is 5.57 Å². The summed E-state index contributed by atoms with van der Waals surface area (Å²) in [7, 11) is 1.90. The highest BCUT2D eigenvalue weighted by molar-refractivity contribution is 5.72. The van der Waals surface area contributed by atoms with Gasteiger partial charge in [-0.3, -0.25) is 0 Å². The van der Waals surface area contributed by atoms with Crippen LogP contribution in [-0.2, 0) is 16.2 Å². The van der Waals surface area contributed by atoms with Crippen LogP contribution in [0.25, 0.3) is 5.57 Å². The van der Waals surface area contributed by atoms with E-state index in [0.29, 0.717) is 24.7 Å². The molecule has 1 atom stereocenters. The molecule has 1 aromatic heterocycles. The molecule has 7 nitrogen and oxygen atoms in total. The average Bonchev–Trinajstić information content (AvgIpc) is 2.94. The fourth-order valence-corrected chi connectivity index (χ4v) is 2.44. The van der Waals surface area contributed by atoms with Gasteiger partial charge in [0.2, 0.25) is 0 Å². The van der Waals surface area contributed by atoms with Gasteiger partial charge in [-0.2, -0.15) is 0 Å². The molecule has 0 aliphatic carbocycles. The third kappa shape index (κ3) is 3.62. The van der Waals surface area contributed by atoms with E-state index in [0.717, 1.165) is 31.4 Å². The normalized spacial score (nSPS) is 22.9. The van der Waals surface area contributed by atoms with Gasteiger partial charge in [0.05, 0.1) is 12.7 Å². The van der Waals surface area contributed by atoms with Crippen LogP contribution in [0.2, 0.25) is 0 Å². The Balaban J connectivity index is 1.61. The number of likely N-dealkylation sites (N-methyl/N-ethyl adjacent to an activating group) is 1. The van der Waals surface area contributed by atoms with Gasteiger partial charge < -0.3 is 19.5 Å². The van der Waals surface area contributed by atoms with Gasteiger partial charge >= 0.3 is 0 Å². The number of aliphatic hydroxyl groups is 1. The Morgan fingerprint density at radius 3 is 3.14 bits per heavy atom. The molecular weight excluding hydrogens is 272 g/mol. The summed E-state index contributed by atoms with van der Waals surface area (Å²) in [6.45, 7) is 1.59. The minimum absolute atomic E-state index is 0.143. The summed E-state index contributed by atoms with van der Waals surface area (Å²) in [6, 6.07) is 0. The molecule has 0 aromatic carbocycles. The number of rotatable bonds is 4. The predicted molar refractivity (Wildman–Crippen MR) is 76.0 cm³/mol. The second-order valence-electron chi connectivity index (χ2n) is 5.37. The minimum Gasteiger partial charge on any atom is -0.510 e. The zero-order valence-electron chi connectivity index (χ0n) is 12.1. The number of nitrogens with zero attached hydrogens (tertiary/aromatic N) is 4. The summed E-state index contributed by atoms with van der Waals surface area (Å²) in [5, 5.41) is 17.8. The smallest absolute Gasteiger partial charge is 0.159 e. The van der Waals surface area contributed by atoms with Crippen molar-refractivity contribution in [2.45, 2.75) is 32.3 Å². The van der Waals surface area contributed by atoms with Crippen molar-refractivity contribution in [3.05, 3.63) is 29.9 Å². The van der Waals surface area contributed by atoms with Gasteiger partial charge in [0, 0.05) is 25.4 Å². The fraction of sp³-hybridized carbons (Fsp3) is 0.571. The lowest BCUT2D eigenvalue weighted by atomic mass is 10.1. The summed E-state index contributed by atoms with van der Waals surface area (Å²) >= 11 is 0. The minimum atomic E-state index is -0.143. The van der Waals surface area contributed by atoms with E-state index in [4.69, 9.17) is 9.47 Å². The lowest BCUT2D eigenvalue weighted by molar-refractivity contribution is -0.182. The van der Waals surface area contributed by atoms with Crippen LogP contribution in [0.5, 0.6) is 0 Å². The molecule has 1 unspecified atom stereocenters. The van der Waals surface area contributed by atoms with E-state index in [1.165, 1.54) is 0 Å². The Kier molecular flexibility index (Phi) is 4.21. The molecule has 3 heterocycles. The first-order valence-corrected chi connectivity index (χ1v) is 7.16. The molecule has 0 saturated carbocycles. The largest absolute Gasteiger partial charge is 0.510 e. The van der Waals surface area contributed by atoms with Crippen molar-refractivity contribution < 1.29 is 14.6 Å². The molecule has 2 aliphatic rings. The number of allylic oxidation sites excluding steroid dienone is 2. The SMILES string of the molecule is CN1C=C(c2cn(COC3CCCCO3)nn2)C=C(O)C1. The first kappa shape index (κ1) is 14.1. The van der Waals surface area contributed by atoms with E-state index >= 15 is 0 Å². The highest BCUT2D eigenvalue weighted by atomic mass is 16.7. The summed E-state index contributed by atoms with van der Waals surface area (Å²) in [5.74, 6) is 0.316. The van der Waals surface area contributed by atoms with Crippen molar-refractivity contribution in [2.75, 3.05) is 20.2 Å². The van der Waals surface area contributed by atoms with Crippen molar-refractivity contribution in [2.24, 2.45) is 0 Å². The molecule has 1 aromatic rings. The molecular formula is C14H20N4O3. The van der Waals surface area contributed by atoms with Gasteiger partial charge in [-0.1, -0.05) is 5.21 Å². The van der Waals surface area contributed by atoms with Gasteiger partial charge in [0.25, 0.3) is 0 Å². The van der Waals surface area contributed by atoms with E-state index in [-0.39, 0.29) is 6.29 Å². The molecule has 3 rings (SSSR count). The van der Waals surface area contributed by atoms with E-state index in [9.17, 15) is 5.11 Å². The Hall–Kier alpha value is -1.86. The fourth-order valence-electron chi connectivity index (χ4n) is 2.44. The molecule has 2 aliphatic heterocycles. The monoisotopic (exact) mass is 292 g/mol. The van der Waals surface area contributed by atoms with Gasteiger partial charge in [0.15, 0.2) is 6.29 Å². The topological polar surface area (TPSA) is 72.6 Å². The predicted octanol–water partition coefficient (Wildman–Crippen LogP) is 1.51. The first-order chi connectivity index (χ1) is 10.2. The standard InChI is InChI=1S/C14H20N4O3/c1-17-7-11(6-12(19)8-17)13-9-18(16-15-13)10-21-14-4-2-3-5-20-14/h6-7,9,14,19H,2-5,8,10H2,1H3. The average molecular weight is 292 g/mol. The highest BCUT2D eigenvalue weighted by Crippen LogP contribution is 2.19. The zero-order chi connectivity index (χ0) is 14.7. The molecule has 1 fully saturated rings. The summed E-state index contributed by atoms with van der Waals surface area (Å²) in [4.78, 5) is 1.90. The van der Waals surface area contributed by atoms with E-state index < -0.39 is 0 Å². The van der Waals surface area contributed by atoms with Crippen molar-refractivity contribution in [3.63, 3.8) is 0 Å². The third-order valence-electron chi connectivity index (χ3n) is 3.46. The van der Waals surface area contributed by atoms with Crippen molar-refractivity contribution in [1.29, 1.82) is 0 Å². The van der Waals surface area contributed by atoms with Crippen LogP contribution in [0.15, 0.2) is 24.2 Å². The number of hydrogen-bond acceptors (Lipinski definition) is 6. The molecule has 0 amide bonds. The van der Waals surface area contributed by atoms with Crippen LogP contribution < -0.4 is 0 Å². The molecule has 114 valence electrons. The van der Waals surface area contributed by atoms with Gasteiger partial charge in [-0.15, -0.1) is 5.10 Å². The van der Waals surface area contributed by atoms with Crippen molar-refractivity contribution in [1.82, 2.24) is 19.9 Å². The molecule has 21 heavy (non-hydrogen) atoms. The third-order valence-corrected chi connectivity index (χ3v) is 3.46. The second kappa shape index (κ2) is 6.28. The lowest BCUT2D eigenvalue weighted by Crippen LogP contribution is -2.23. The molecule has 0 radical (unpaired) electrons. The van der Waals surface area contributed by atoms with Crippen LogP contribution in [0.3, 0.4) is 0 Å². The van der Waals surface area contributed by atoms with Crippen LogP contribution >= 0.6 is 0 Å². The summed E-state index contributed by atoms with van der Waals surface area (Å²) in [5.41, 5.74) is 1.54. The van der Waals surface area contributed by atoms with Crippen LogP contribution in [0.4, 0.5) is 0 Å². The molecule has 0 spiro atoms. The molecule has 0 bridgehead atoms. The van der Waals surface area contributed by atoms with Crippen LogP contribution in [0.1, 0.15) is 25.0 Å². The number of ether oxygens (including phenoxy) is 2. The Labute approximate surface area is 123 Å². The number of aromatic nitrogens is 3. The quantitative estimate of drug-likeness (QED) is 0.907. The number of aliphatic hydroxyl groups excluding tert-OH is 1. The summed E-state index contributed by atoms with van der Waals surface area (Å²) < 4.78 is 12.8. The van der Waals surface area contributed by atoms with E-state index in [1.807, 2.05) is 18.1 Å². The maximum Gasteiger partial charge on any atom is 0.159 e. The summed E-state index contributed by atoms with van der Waals surface area (Å²) in [6.07, 6.45) is 8.46. The maximum absolute atomic E-state index is 9.67. The van der Waals surface area contributed by atoms with Gasteiger partial charge in [0.1, 0.15) is 18.2 Å². The molecule has 1 N–H and O–H groups in total. The van der Waals surface area contributed by atoms with Crippen molar-refractivity contribution in [3.8, 4) is 0 Å². The maximum atomic E-state index is 9.67. The molecule has 1 saturated heterocycles. The molecule has 7 heteroatoms. The van der Waals surface area contributed by atoms with Crippen LogP contribution in [-0.4, -0.2) is 51.5 Å². The first-order valence-electron chi connectivity index (χ1n) is 7.16. The Morgan fingerprint density at radius 1 is 1.48 bits per heavy atom. The van der Waals surface area contributed by atoms with Gasteiger partial charge in [-0.05, 0) is 25.3 Å². The van der Waals surface area contributed by atoms with E-state index in [1.54, 1.807) is 17.0 Å². The van der Waals surface area contributed by atoms with Crippen LogP contribution in [0, 0.1) is 0 Å². The highest BCUT2D eigenvalue weighted by Gasteiger charge is 2.16.